The highest BCUT2D eigenvalue weighted by Crippen LogP contribution is 2.24. The van der Waals surface area contributed by atoms with E-state index >= 15 is 0 Å². The van der Waals surface area contributed by atoms with Gasteiger partial charge in [0, 0.05) is 0 Å². The van der Waals surface area contributed by atoms with Gasteiger partial charge < -0.3 is 18.9 Å². The minimum atomic E-state index is -0.616. The second-order valence-corrected chi connectivity index (χ2v) is 5.81. The van der Waals surface area contributed by atoms with Gasteiger partial charge in [-0.15, -0.1) is 0 Å². The lowest BCUT2D eigenvalue weighted by atomic mass is 9.95. The van der Waals surface area contributed by atoms with Gasteiger partial charge >= 0.3 is 12.3 Å². The van der Waals surface area contributed by atoms with Gasteiger partial charge in [0.25, 0.3) is 0 Å². The highest BCUT2D eigenvalue weighted by Gasteiger charge is 2.27. The molecular weight excluding hydrogens is 288 g/mol. The van der Waals surface area contributed by atoms with Crippen LogP contribution in [-0.2, 0) is 18.9 Å². The predicted octanol–water partition coefficient (Wildman–Crippen LogP) is 4.20. The van der Waals surface area contributed by atoms with Crippen LogP contribution in [0.3, 0.4) is 0 Å². The lowest BCUT2D eigenvalue weighted by molar-refractivity contribution is -0.0402. The van der Waals surface area contributed by atoms with Crippen LogP contribution in [0.1, 0.15) is 66.2 Å². The quantitative estimate of drug-likeness (QED) is 0.684. The molecule has 0 amide bonds. The summed E-state index contributed by atoms with van der Waals surface area (Å²) in [4.78, 5) is 23.1. The fourth-order valence-corrected chi connectivity index (χ4v) is 2.09. The van der Waals surface area contributed by atoms with Crippen LogP contribution in [-0.4, -0.2) is 36.7 Å². The van der Waals surface area contributed by atoms with Gasteiger partial charge in [-0.25, -0.2) is 9.59 Å². The summed E-state index contributed by atoms with van der Waals surface area (Å²) in [5.74, 6) is 0. The summed E-state index contributed by atoms with van der Waals surface area (Å²) >= 11 is 0. The molecule has 1 saturated carbocycles. The molecule has 0 saturated heterocycles. The molecule has 128 valence electrons. The summed E-state index contributed by atoms with van der Waals surface area (Å²) < 4.78 is 20.7. The third kappa shape index (κ3) is 7.00. The molecular formula is C16H28O6. The Morgan fingerprint density at radius 1 is 0.818 bits per heavy atom. The van der Waals surface area contributed by atoms with E-state index in [0.717, 1.165) is 12.8 Å². The van der Waals surface area contributed by atoms with Crippen molar-refractivity contribution >= 4 is 12.3 Å². The SMILES string of the molecule is CCC(C)OC(=O)OC1CCC(OC(=O)OC(C)CC)CC1. The molecule has 0 aromatic carbocycles. The van der Waals surface area contributed by atoms with E-state index in [0.29, 0.717) is 25.7 Å². The second kappa shape index (κ2) is 9.54. The van der Waals surface area contributed by atoms with E-state index in [1.54, 1.807) is 0 Å². The van der Waals surface area contributed by atoms with Crippen molar-refractivity contribution in [3.05, 3.63) is 0 Å². The molecule has 0 heterocycles. The van der Waals surface area contributed by atoms with Crippen molar-refractivity contribution in [2.45, 2.75) is 90.6 Å². The van der Waals surface area contributed by atoms with Gasteiger partial charge in [0.15, 0.2) is 0 Å². The second-order valence-electron chi connectivity index (χ2n) is 5.81. The zero-order valence-corrected chi connectivity index (χ0v) is 14.0. The van der Waals surface area contributed by atoms with E-state index in [2.05, 4.69) is 0 Å². The fraction of sp³-hybridized carbons (Fsp3) is 0.875. The number of carbonyl (C=O) groups is 2. The van der Waals surface area contributed by atoms with E-state index in [4.69, 9.17) is 18.9 Å². The van der Waals surface area contributed by atoms with Gasteiger partial charge in [-0.2, -0.15) is 0 Å². The lowest BCUT2D eigenvalue weighted by Crippen LogP contribution is -2.31. The van der Waals surface area contributed by atoms with Gasteiger partial charge in [0.05, 0.1) is 0 Å². The molecule has 6 heteroatoms. The van der Waals surface area contributed by atoms with Gasteiger partial charge in [0.1, 0.15) is 24.4 Å². The molecule has 0 bridgehead atoms. The highest BCUT2D eigenvalue weighted by molar-refractivity contribution is 5.61. The number of ether oxygens (including phenoxy) is 4. The maximum absolute atomic E-state index is 11.5. The number of carbonyl (C=O) groups excluding carboxylic acids is 2. The van der Waals surface area contributed by atoms with Crippen LogP contribution in [0.25, 0.3) is 0 Å². The molecule has 1 rings (SSSR count). The molecule has 0 aromatic rings. The Bertz CT molecular complexity index is 315. The molecule has 1 aliphatic carbocycles. The Hall–Kier alpha value is -1.46. The first-order valence-electron chi connectivity index (χ1n) is 8.19. The van der Waals surface area contributed by atoms with Crippen molar-refractivity contribution in [1.29, 1.82) is 0 Å². The van der Waals surface area contributed by atoms with Gasteiger partial charge in [-0.3, -0.25) is 0 Å². The topological polar surface area (TPSA) is 71.1 Å². The summed E-state index contributed by atoms with van der Waals surface area (Å²) in [7, 11) is 0. The molecule has 1 aliphatic rings. The minimum absolute atomic E-state index is 0.137. The monoisotopic (exact) mass is 316 g/mol. The Morgan fingerprint density at radius 2 is 1.14 bits per heavy atom. The van der Waals surface area contributed by atoms with Crippen LogP contribution < -0.4 is 0 Å². The zero-order valence-electron chi connectivity index (χ0n) is 14.0. The summed E-state index contributed by atoms with van der Waals surface area (Å²) in [5.41, 5.74) is 0. The Morgan fingerprint density at radius 3 is 1.41 bits per heavy atom. The smallest absolute Gasteiger partial charge is 0.431 e. The molecule has 0 aliphatic heterocycles. The van der Waals surface area contributed by atoms with Crippen LogP contribution in [0.4, 0.5) is 9.59 Å². The number of hydrogen-bond acceptors (Lipinski definition) is 6. The molecule has 0 N–H and O–H groups in total. The van der Waals surface area contributed by atoms with E-state index in [1.165, 1.54) is 0 Å². The van der Waals surface area contributed by atoms with Crippen molar-refractivity contribution in [1.82, 2.24) is 0 Å². The third-order valence-corrected chi connectivity index (χ3v) is 3.89. The molecule has 2 atom stereocenters. The molecule has 1 fully saturated rings. The van der Waals surface area contributed by atoms with E-state index in [1.807, 2.05) is 27.7 Å². The standard InChI is InChI=1S/C16H28O6/c1-5-11(3)19-15(17)21-13-7-9-14(10-8-13)22-16(18)20-12(4)6-2/h11-14H,5-10H2,1-4H3. The first-order chi connectivity index (χ1) is 10.4. The molecule has 2 unspecified atom stereocenters. The molecule has 6 nitrogen and oxygen atoms in total. The lowest BCUT2D eigenvalue weighted by Gasteiger charge is -2.28. The molecule has 0 aromatic heterocycles. The molecule has 0 spiro atoms. The zero-order chi connectivity index (χ0) is 16.5. The summed E-state index contributed by atoms with van der Waals surface area (Å²) in [5, 5.41) is 0. The Kier molecular flexibility index (Phi) is 8.06. The van der Waals surface area contributed by atoms with Crippen molar-refractivity contribution in [3.63, 3.8) is 0 Å². The van der Waals surface area contributed by atoms with Gasteiger partial charge in [-0.05, 0) is 52.4 Å². The Labute approximate surface area is 132 Å². The Balaban J connectivity index is 2.23. The van der Waals surface area contributed by atoms with Crippen LogP contribution in [0.15, 0.2) is 0 Å². The van der Waals surface area contributed by atoms with Crippen molar-refractivity contribution in [3.8, 4) is 0 Å². The summed E-state index contributed by atoms with van der Waals surface area (Å²) in [6, 6.07) is 0. The van der Waals surface area contributed by atoms with E-state index in [-0.39, 0.29) is 24.4 Å². The summed E-state index contributed by atoms with van der Waals surface area (Å²) in [6.45, 7) is 7.54. The third-order valence-electron chi connectivity index (χ3n) is 3.89. The van der Waals surface area contributed by atoms with Crippen LogP contribution in [0.2, 0.25) is 0 Å². The highest BCUT2D eigenvalue weighted by atomic mass is 16.7. The maximum Gasteiger partial charge on any atom is 0.508 e. The molecule has 0 radical (unpaired) electrons. The van der Waals surface area contributed by atoms with Gasteiger partial charge in [-0.1, -0.05) is 13.8 Å². The maximum atomic E-state index is 11.5. The number of rotatable bonds is 6. The van der Waals surface area contributed by atoms with Crippen LogP contribution >= 0.6 is 0 Å². The molecule has 22 heavy (non-hydrogen) atoms. The first-order valence-corrected chi connectivity index (χ1v) is 8.19. The number of hydrogen-bond donors (Lipinski definition) is 0. The predicted molar refractivity (Wildman–Crippen MR) is 80.7 cm³/mol. The van der Waals surface area contributed by atoms with Crippen molar-refractivity contribution in [2.75, 3.05) is 0 Å². The average Bonchev–Trinajstić information content (AvgIpc) is 2.48. The van der Waals surface area contributed by atoms with E-state index < -0.39 is 12.3 Å². The van der Waals surface area contributed by atoms with Crippen molar-refractivity contribution in [2.24, 2.45) is 0 Å². The van der Waals surface area contributed by atoms with Gasteiger partial charge in [0.2, 0.25) is 0 Å². The largest absolute Gasteiger partial charge is 0.508 e. The first kappa shape index (κ1) is 18.6. The van der Waals surface area contributed by atoms with Crippen LogP contribution in [0, 0.1) is 0 Å². The average molecular weight is 316 g/mol. The van der Waals surface area contributed by atoms with Crippen molar-refractivity contribution < 1.29 is 28.5 Å². The van der Waals surface area contributed by atoms with E-state index in [9.17, 15) is 9.59 Å². The normalized spacial score (nSPS) is 24.0. The summed E-state index contributed by atoms with van der Waals surface area (Å²) in [6.07, 6.45) is 2.34. The van der Waals surface area contributed by atoms with Crippen LogP contribution in [0.5, 0.6) is 0 Å². The minimum Gasteiger partial charge on any atom is -0.431 e. The fourth-order valence-electron chi connectivity index (χ4n) is 2.09.